The van der Waals surface area contributed by atoms with E-state index in [1.165, 1.54) is 44.9 Å². The van der Waals surface area contributed by atoms with Crippen LogP contribution in [0.15, 0.2) is 48.5 Å². The SMILES string of the molecule is CCCCCCCCCCOc1ccc(C(=O)Oc2ccc(OC(=O)[C@@H](Cl)C(C)C)cc2)cc1. The molecule has 0 spiro atoms. The smallest absolute Gasteiger partial charge is 0.343 e. The van der Waals surface area contributed by atoms with Crippen molar-refractivity contribution in [2.75, 3.05) is 6.61 Å². The second-order valence-corrected chi connectivity index (χ2v) is 9.25. The summed E-state index contributed by atoms with van der Waals surface area (Å²) in [5, 5.41) is -0.718. The summed E-state index contributed by atoms with van der Waals surface area (Å²) < 4.78 is 16.4. The molecule has 0 N–H and O–H groups in total. The Morgan fingerprint density at radius 2 is 1.24 bits per heavy atom. The van der Waals surface area contributed by atoms with Crippen molar-refractivity contribution >= 4 is 23.5 Å². The van der Waals surface area contributed by atoms with Gasteiger partial charge >= 0.3 is 11.9 Å². The Balaban J connectivity index is 1.71. The number of carbonyl (C=O) groups is 2. The van der Waals surface area contributed by atoms with E-state index in [9.17, 15) is 9.59 Å². The normalized spacial score (nSPS) is 11.8. The summed E-state index contributed by atoms with van der Waals surface area (Å²) in [4.78, 5) is 24.3. The minimum atomic E-state index is -0.718. The molecule has 0 bridgehead atoms. The van der Waals surface area contributed by atoms with Gasteiger partial charge in [0.05, 0.1) is 12.2 Å². The molecule has 5 nitrogen and oxygen atoms in total. The molecule has 0 unspecified atom stereocenters. The van der Waals surface area contributed by atoms with E-state index in [1.54, 1.807) is 48.5 Å². The first kappa shape index (κ1) is 27.7. The molecular weight excluding hydrogens is 452 g/mol. The van der Waals surface area contributed by atoms with Gasteiger partial charge in [0, 0.05) is 0 Å². The molecule has 0 aliphatic heterocycles. The number of alkyl halides is 1. The summed E-state index contributed by atoms with van der Waals surface area (Å²) in [5.41, 5.74) is 0.428. The van der Waals surface area contributed by atoms with Crippen molar-refractivity contribution in [3.05, 3.63) is 54.1 Å². The number of rotatable bonds is 15. The lowest BCUT2D eigenvalue weighted by molar-refractivity contribution is -0.134. The Morgan fingerprint density at radius 1 is 0.735 bits per heavy atom. The van der Waals surface area contributed by atoms with Crippen LogP contribution in [0.4, 0.5) is 0 Å². The highest BCUT2D eigenvalue weighted by Crippen LogP contribution is 2.21. The molecule has 0 saturated carbocycles. The molecule has 0 heterocycles. The fraction of sp³-hybridized carbons (Fsp3) is 0.500. The maximum Gasteiger partial charge on any atom is 0.343 e. The van der Waals surface area contributed by atoms with Crippen molar-refractivity contribution in [2.24, 2.45) is 5.92 Å². The average Bonchev–Trinajstić information content (AvgIpc) is 2.84. The van der Waals surface area contributed by atoms with Crippen molar-refractivity contribution in [2.45, 2.75) is 77.5 Å². The zero-order valence-corrected chi connectivity index (χ0v) is 21.3. The predicted octanol–water partition coefficient (Wildman–Crippen LogP) is 7.59. The van der Waals surface area contributed by atoms with E-state index in [4.69, 9.17) is 25.8 Å². The van der Waals surface area contributed by atoms with Crippen molar-refractivity contribution in [1.82, 2.24) is 0 Å². The Bertz CT molecular complexity index is 861. The standard InChI is InChI=1S/C28H37ClO5/c1-4-5-6-7-8-9-10-11-20-32-23-14-12-22(13-15-23)27(30)33-24-16-18-25(19-17-24)34-28(31)26(29)21(2)3/h12-19,21,26H,4-11,20H2,1-3H3/t26-/m0/s1. The van der Waals surface area contributed by atoms with Crippen LogP contribution in [0.2, 0.25) is 0 Å². The number of hydrogen-bond acceptors (Lipinski definition) is 5. The molecular formula is C28H37ClO5. The topological polar surface area (TPSA) is 61.8 Å². The van der Waals surface area contributed by atoms with Gasteiger partial charge in [-0.25, -0.2) is 4.79 Å². The Hall–Kier alpha value is -2.53. The van der Waals surface area contributed by atoms with Crippen LogP contribution in [0.25, 0.3) is 0 Å². The lowest BCUT2D eigenvalue weighted by Gasteiger charge is -2.12. The van der Waals surface area contributed by atoms with E-state index >= 15 is 0 Å². The fourth-order valence-corrected chi connectivity index (χ4v) is 3.34. The van der Waals surface area contributed by atoms with Crippen molar-refractivity contribution < 1.29 is 23.8 Å². The van der Waals surface area contributed by atoms with Crippen LogP contribution in [0.5, 0.6) is 17.2 Å². The monoisotopic (exact) mass is 488 g/mol. The number of halogens is 1. The van der Waals surface area contributed by atoms with Gasteiger partial charge in [-0.05, 0) is 60.9 Å². The van der Waals surface area contributed by atoms with E-state index in [1.807, 2.05) is 13.8 Å². The van der Waals surface area contributed by atoms with E-state index < -0.39 is 17.3 Å². The summed E-state index contributed by atoms with van der Waals surface area (Å²) in [7, 11) is 0. The maximum atomic E-state index is 12.4. The number of benzene rings is 2. The third-order valence-corrected chi connectivity index (χ3v) is 6.10. The molecule has 34 heavy (non-hydrogen) atoms. The van der Waals surface area contributed by atoms with Crippen LogP contribution in [-0.4, -0.2) is 23.9 Å². The van der Waals surface area contributed by atoms with Crippen molar-refractivity contribution in [3.8, 4) is 17.2 Å². The van der Waals surface area contributed by atoms with E-state index in [2.05, 4.69) is 6.92 Å². The van der Waals surface area contributed by atoms with Crippen LogP contribution < -0.4 is 14.2 Å². The first-order valence-corrected chi connectivity index (χ1v) is 12.7. The first-order chi connectivity index (χ1) is 16.4. The molecule has 1 atom stereocenters. The van der Waals surface area contributed by atoms with Gasteiger partial charge in [-0.1, -0.05) is 65.7 Å². The molecule has 0 radical (unpaired) electrons. The molecule has 6 heteroatoms. The van der Waals surface area contributed by atoms with Gasteiger partial charge in [-0.2, -0.15) is 0 Å². The van der Waals surface area contributed by atoms with Gasteiger partial charge in [0.1, 0.15) is 22.6 Å². The molecule has 2 aromatic carbocycles. The number of ether oxygens (including phenoxy) is 3. The van der Waals surface area contributed by atoms with Gasteiger partial charge in [0.2, 0.25) is 0 Å². The quantitative estimate of drug-likeness (QED) is 0.112. The Morgan fingerprint density at radius 3 is 1.79 bits per heavy atom. The minimum absolute atomic E-state index is 0.0312. The highest BCUT2D eigenvalue weighted by Gasteiger charge is 2.21. The molecule has 2 aromatic rings. The summed E-state index contributed by atoms with van der Waals surface area (Å²) in [6.45, 7) is 6.60. The molecule has 0 saturated heterocycles. The lowest BCUT2D eigenvalue weighted by Crippen LogP contribution is -2.25. The third kappa shape index (κ3) is 10.2. The zero-order valence-electron chi connectivity index (χ0n) is 20.6. The number of hydrogen-bond donors (Lipinski definition) is 0. The van der Waals surface area contributed by atoms with Gasteiger partial charge in [0.15, 0.2) is 0 Å². The van der Waals surface area contributed by atoms with Crippen LogP contribution in [0.3, 0.4) is 0 Å². The van der Waals surface area contributed by atoms with Gasteiger partial charge in [-0.3, -0.25) is 4.79 Å². The third-order valence-electron chi connectivity index (χ3n) is 5.42. The fourth-order valence-electron chi connectivity index (χ4n) is 3.30. The molecule has 0 amide bonds. The summed E-state index contributed by atoms with van der Waals surface area (Å²) >= 11 is 6.01. The summed E-state index contributed by atoms with van der Waals surface area (Å²) in [6.07, 6.45) is 10.1. The van der Waals surface area contributed by atoms with Crippen LogP contribution in [-0.2, 0) is 4.79 Å². The maximum absolute atomic E-state index is 12.4. The zero-order chi connectivity index (χ0) is 24.8. The number of carbonyl (C=O) groups excluding carboxylic acids is 2. The molecule has 0 aliphatic rings. The van der Waals surface area contributed by atoms with Gasteiger partial charge < -0.3 is 14.2 Å². The minimum Gasteiger partial charge on any atom is -0.494 e. The summed E-state index contributed by atoms with van der Waals surface area (Å²) in [6, 6.07) is 13.2. The highest BCUT2D eigenvalue weighted by molar-refractivity contribution is 6.30. The molecule has 0 aromatic heterocycles. The molecule has 186 valence electrons. The molecule has 2 rings (SSSR count). The molecule has 0 aliphatic carbocycles. The molecule has 0 fully saturated rings. The second-order valence-electron chi connectivity index (χ2n) is 8.78. The van der Waals surface area contributed by atoms with E-state index in [0.29, 0.717) is 23.7 Å². The first-order valence-electron chi connectivity index (χ1n) is 12.3. The Labute approximate surface area is 208 Å². The van der Waals surface area contributed by atoms with E-state index in [0.717, 1.165) is 12.2 Å². The average molecular weight is 489 g/mol. The van der Waals surface area contributed by atoms with E-state index in [-0.39, 0.29) is 5.92 Å². The van der Waals surface area contributed by atoms with Crippen molar-refractivity contribution in [1.29, 1.82) is 0 Å². The second kappa shape index (κ2) is 15.4. The predicted molar refractivity (Wildman–Crippen MR) is 136 cm³/mol. The highest BCUT2D eigenvalue weighted by atomic mass is 35.5. The number of esters is 2. The largest absolute Gasteiger partial charge is 0.494 e. The number of unbranched alkanes of at least 4 members (excludes halogenated alkanes) is 7. The van der Waals surface area contributed by atoms with Crippen LogP contribution >= 0.6 is 11.6 Å². The lowest BCUT2D eigenvalue weighted by atomic mass is 10.1. The summed E-state index contributed by atoms with van der Waals surface area (Å²) in [5.74, 6) is 0.423. The van der Waals surface area contributed by atoms with Crippen molar-refractivity contribution in [3.63, 3.8) is 0 Å². The Kier molecular flexibility index (Phi) is 12.5. The van der Waals surface area contributed by atoms with Gasteiger partial charge in [0.25, 0.3) is 0 Å². The van der Waals surface area contributed by atoms with Crippen LogP contribution in [0, 0.1) is 5.92 Å². The van der Waals surface area contributed by atoms with Gasteiger partial charge in [-0.15, -0.1) is 11.6 Å². The van der Waals surface area contributed by atoms with Crippen LogP contribution in [0.1, 0.15) is 82.5 Å².